The predicted molar refractivity (Wildman–Crippen MR) is 124 cm³/mol. The van der Waals surface area contributed by atoms with E-state index in [1.165, 1.54) is 0 Å². The van der Waals surface area contributed by atoms with Gasteiger partial charge in [-0.15, -0.1) is 0 Å². The Hall–Kier alpha value is -2.22. The van der Waals surface area contributed by atoms with Crippen LogP contribution in [0.4, 0.5) is 4.79 Å². The highest BCUT2D eigenvalue weighted by Gasteiger charge is 2.22. The summed E-state index contributed by atoms with van der Waals surface area (Å²) in [6.07, 6.45) is 3.04. The number of nitrogens with one attached hydrogen (secondary N) is 1. The summed E-state index contributed by atoms with van der Waals surface area (Å²) in [4.78, 5) is 21.7. The molecule has 6 nitrogen and oxygen atoms in total. The van der Waals surface area contributed by atoms with Crippen molar-refractivity contribution in [2.45, 2.75) is 49.8 Å². The van der Waals surface area contributed by atoms with Gasteiger partial charge in [0.15, 0.2) is 6.61 Å². The van der Waals surface area contributed by atoms with E-state index in [0.29, 0.717) is 29.0 Å². The van der Waals surface area contributed by atoms with Crippen LogP contribution in [0.1, 0.15) is 43.8 Å². The van der Waals surface area contributed by atoms with E-state index >= 15 is 0 Å². The van der Waals surface area contributed by atoms with Crippen LogP contribution in [0.25, 0.3) is 0 Å². The molecule has 0 aliphatic carbocycles. The summed E-state index contributed by atoms with van der Waals surface area (Å²) >= 11 is 14.0. The second-order valence-corrected chi connectivity index (χ2v) is 9.06. The summed E-state index contributed by atoms with van der Waals surface area (Å²) in [7, 11) is 0. The number of hydrogen-bond acceptors (Lipinski definition) is 5. The molecule has 1 N–H and O–H groups in total. The smallest absolute Gasteiger partial charge is 0.407 e. The zero-order valence-corrected chi connectivity index (χ0v) is 19.9. The SMILES string of the molecule is CCNC(=O)OCc1nc(C(C)C)c(Sc2cc(Cl)cc(Cl)c2)n1Cc1ccncc1. The number of amides is 1. The third kappa shape index (κ3) is 6.38. The number of carbonyl (C=O) groups excluding carboxylic acids is 1. The Kier molecular flexibility index (Phi) is 8.23. The van der Waals surface area contributed by atoms with Crippen molar-refractivity contribution in [3.05, 3.63) is 69.9 Å². The number of pyridine rings is 1. The molecule has 2 heterocycles. The van der Waals surface area contributed by atoms with Crippen molar-refractivity contribution in [1.82, 2.24) is 19.9 Å². The molecular formula is C22H24Cl2N4O2S. The Morgan fingerprint density at radius 1 is 1.19 bits per heavy atom. The van der Waals surface area contributed by atoms with Gasteiger partial charge in [0, 0.05) is 33.9 Å². The fraction of sp³-hybridized carbons (Fsp3) is 0.318. The Bertz CT molecular complexity index is 1020. The number of rotatable bonds is 8. The standard InChI is InChI=1S/C22H24Cl2N4O2S/c1-4-26-22(29)30-13-19-27-20(14(2)3)21(28(19)12-15-5-7-25-8-6-15)31-18-10-16(23)9-17(24)11-18/h5-11,14H,4,12-13H2,1-3H3,(H,26,29). The maximum atomic E-state index is 11.9. The molecule has 0 bridgehead atoms. The monoisotopic (exact) mass is 478 g/mol. The normalized spacial score (nSPS) is 11.0. The van der Waals surface area contributed by atoms with Gasteiger partial charge < -0.3 is 14.6 Å². The number of hydrogen-bond donors (Lipinski definition) is 1. The van der Waals surface area contributed by atoms with Gasteiger partial charge in [0.05, 0.1) is 12.2 Å². The minimum Gasteiger partial charge on any atom is -0.441 e. The van der Waals surface area contributed by atoms with E-state index in [-0.39, 0.29) is 12.5 Å². The van der Waals surface area contributed by atoms with Crippen LogP contribution in [0.5, 0.6) is 0 Å². The minimum absolute atomic E-state index is 0.0630. The van der Waals surface area contributed by atoms with Crippen LogP contribution in [0.15, 0.2) is 52.6 Å². The highest BCUT2D eigenvalue weighted by Crippen LogP contribution is 2.37. The van der Waals surface area contributed by atoms with Crippen LogP contribution in [0.2, 0.25) is 10.0 Å². The number of nitrogens with zero attached hydrogens (tertiary/aromatic N) is 3. The first kappa shape index (κ1) is 23.4. The zero-order chi connectivity index (χ0) is 22.4. The number of halogens is 2. The average Bonchev–Trinajstić information content (AvgIpc) is 3.04. The molecular weight excluding hydrogens is 455 g/mol. The lowest BCUT2D eigenvalue weighted by atomic mass is 10.1. The molecule has 0 radical (unpaired) electrons. The first-order valence-corrected chi connectivity index (χ1v) is 11.5. The fourth-order valence-electron chi connectivity index (χ4n) is 2.95. The fourth-order valence-corrected chi connectivity index (χ4v) is 4.87. The van der Waals surface area contributed by atoms with Crippen molar-refractivity contribution in [2.75, 3.05) is 6.54 Å². The quantitative estimate of drug-likeness (QED) is 0.420. The van der Waals surface area contributed by atoms with E-state index < -0.39 is 6.09 Å². The van der Waals surface area contributed by atoms with Crippen LogP contribution < -0.4 is 5.32 Å². The van der Waals surface area contributed by atoms with E-state index in [1.54, 1.807) is 30.2 Å². The van der Waals surface area contributed by atoms with E-state index in [2.05, 4.69) is 28.7 Å². The molecule has 3 rings (SSSR count). The Labute approximate surface area is 196 Å². The van der Waals surface area contributed by atoms with Crippen molar-refractivity contribution in [1.29, 1.82) is 0 Å². The third-order valence-corrected chi connectivity index (χ3v) is 5.90. The lowest BCUT2D eigenvalue weighted by Gasteiger charge is -2.14. The average molecular weight is 479 g/mol. The van der Waals surface area contributed by atoms with Crippen molar-refractivity contribution in [3.8, 4) is 0 Å². The van der Waals surface area contributed by atoms with E-state index in [1.807, 2.05) is 31.2 Å². The second kappa shape index (κ2) is 10.9. The molecule has 0 aliphatic heterocycles. The second-order valence-electron chi connectivity index (χ2n) is 7.13. The van der Waals surface area contributed by atoms with E-state index in [4.69, 9.17) is 32.9 Å². The number of imidazole rings is 1. The van der Waals surface area contributed by atoms with Crippen molar-refractivity contribution in [2.24, 2.45) is 0 Å². The lowest BCUT2D eigenvalue weighted by molar-refractivity contribution is 0.136. The number of alkyl carbamates (subject to hydrolysis) is 1. The molecule has 0 spiro atoms. The maximum Gasteiger partial charge on any atom is 0.407 e. The van der Waals surface area contributed by atoms with Crippen molar-refractivity contribution >= 4 is 41.1 Å². The number of ether oxygens (including phenoxy) is 1. The molecule has 9 heteroatoms. The van der Waals surface area contributed by atoms with Gasteiger partial charge in [-0.25, -0.2) is 9.78 Å². The first-order valence-electron chi connectivity index (χ1n) is 9.90. The summed E-state index contributed by atoms with van der Waals surface area (Å²) in [6.45, 7) is 7.14. The van der Waals surface area contributed by atoms with Crippen LogP contribution in [-0.2, 0) is 17.9 Å². The van der Waals surface area contributed by atoms with Gasteiger partial charge in [-0.3, -0.25) is 4.98 Å². The number of carbonyl (C=O) groups is 1. The molecule has 0 unspecified atom stereocenters. The third-order valence-electron chi connectivity index (χ3n) is 4.37. The van der Waals surface area contributed by atoms with Gasteiger partial charge in [-0.2, -0.15) is 0 Å². The maximum absolute atomic E-state index is 11.9. The van der Waals surface area contributed by atoms with Gasteiger partial charge >= 0.3 is 6.09 Å². The molecule has 0 fully saturated rings. The van der Waals surface area contributed by atoms with Gasteiger partial charge in [0.25, 0.3) is 0 Å². The molecule has 1 amide bonds. The Morgan fingerprint density at radius 3 is 2.48 bits per heavy atom. The largest absolute Gasteiger partial charge is 0.441 e. The van der Waals surface area contributed by atoms with Crippen LogP contribution >= 0.6 is 35.0 Å². The molecule has 31 heavy (non-hydrogen) atoms. The Morgan fingerprint density at radius 2 is 1.87 bits per heavy atom. The van der Waals surface area contributed by atoms with Crippen molar-refractivity contribution < 1.29 is 9.53 Å². The Balaban J connectivity index is 2.03. The van der Waals surface area contributed by atoms with Crippen LogP contribution in [0, 0.1) is 0 Å². The lowest BCUT2D eigenvalue weighted by Crippen LogP contribution is -2.24. The summed E-state index contributed by atoms with van der Waals surface area (Å²) < 4.78 is 7.46. The summed E-state index contributed by atoms with van der Waals surface area (Å²) in [5.41, 5.74) is 1.98. The summed E-state index contributed by atoms with van der Waals surface area (Å²) in [5, 5.41) is 4.74. The molecule has 2 aromatic heterocycles. The van der Waals surface area contributed by atoms with Crippen LogP contribution in [0.3, 0.4) is 0 Å². The molecule has 0 saturated carbocycles. The molecule has 0 atom stereocenters. The van der Waals surface area contributed by atoms with Crippen molar-refractivity contribution in [3.63, 3.8) is 0 Å². The van der Waals surface area contributed by atoms with Gasteiger partial charge in [-0.1, -0.05) is 48.8 Å². The van der Waals surface area contributed by atoms with Gasteiger partial charge in [0.2, 0.25) is 0 Å². The molecule has 3 aromatic rings. The highest BCUT2D eigenvalue weighted by atomic mass is 35.5. The zero-order valence-electron chi connectivity index (χ0n) is 17.6. The summed E-state index contributed by atoms with van der Waals surface area (Å²) in [6, 6.07) is 9.35. The molecule has 1 aromatic carbocycles. The predicted octanol–water partition coefficient (Wildman–Crippen LogP) is 6.15. The van der Waals surface area contributed by atoms with E-state index in [0.717, 1.165) is 21.2 Å². The topological polar surface area (TPSA) is 69.0 Å². The minimum atomic E-state index is -0.470. The van der Waals surface area contributed by atoms with E-state index in [9.17, 15) is 4.79 Å². The van der Waals surface area contributed by atoms with Gasteiger partial charge in [0.1, 0.15) is 10.9 Å². The molecule has 164 valence electrons. The number of aromatic nitrogens is 3. The molecule has 0 saturated heterocycles. The first-order chi connectivity index (χ1) is 14.9. The van der Waals surface area contributed by atoms with Crippen LogP contribution in [-0.4, -0.2) is 27.2 Å². The number of benzene rings is 1. The highest BCUT2D eigenvalue weighted by molar-refractivity contribution is 7.99. The molecule has 0 aliphatic rings. The van der Waals surface area contributed by atoms with Gasteiger partial charge in [-0.05, 0) is 48.7 Å². The summed E-state index contributed by atoms with van der Waals surface area (Å²) in [5.74, 6) is 0.835.